The molecule has 0 rings (SSSR count). The fourth-order valence-electron chi connectivity index (χ4n) is 0.677. The zero-order chi connectivity index (χ0) is 10.0. The van der Waals surface area contributed by atoms with Crippen LogP contribution in [0.1, 0.15) is 46.0 Å². The summed E-state index contributed by atoms with van der Waals surface area (Å²) in [5.41, 5.74) is 0. The average Bonchev–Trinajstić information content (AvgIpc) is 1.85. The first-order valence-electron chi connectivity index (χ1n) is 4.13. The van der Waals surface area contributed by atoms with E-state index in [1.807, 2.05) is 0 Å². The number of hydrogen-bond acceptors (Lipinski definition) is 1. The van der Waals surface area contributed by atoms with Crippen molar-refractivity contribution in [2.75, 3.05) is 0 Å². The van der Waals surface area contributed by atoms with Crippen LogP contribution in [0.3, 0.4) is 0 Å². The van der Waals surface area contributed by atoms with Gasteiger partial charge in [0.15, 0.2) is 0 Å². The van der Waals surface area contributed by atoms with E-state index in [1.165, 1.54) is 32.1 Å². The van der Waals surface area contributed by atoms with Gasteiger partial charge in [0.05, 0.1) is 0 Å². The molecule has 12 heavy (non-hydrogen) atoms. The monoisotopic (exact) mass is 202 g/mol. The van der Waals surface area contributed by atoms with E-state index >= 15 is 0 Å². The summed E-state index contributed by atoms with van der Waals surface area (Å²) in [5, 5.41) is 0. The highest BCUT2D eigenvalue weighted by molar-refractivity contribution is 7.46. The summed E-state index contributed by atoms with van der Waals surface area (Å²) in [6, 6.07) is 0. The van der Waals surface area contributed by atoms with Crippen LogP contribution in [0.5, 0.6) is 0 Å². The first-order valence-corrected chi connectivity index (χ1v) is 5.58. The number of unbranched alkanes of at least 4 members (excludes halogenated alkanes) is 4. The predicted molar refractivity (Wildman–Crippen MR) is 46.5 cm³/mol. The molecule has 0 saturated carbocycles. The summed E-state index contributed by atoms with van der Waals surface area (Å²) in [5.74, 6) is 0. The molecule has 0 aromatic carbocycles. The molecule has 0 atom stereocenters. The Morgan fingerprint density at radius 1 is 1.08 bits per heavy atom. The second kappa shape index (κ2) is 9.14. The third-order valence-electron chi connectivity index (χ3n) is 1.21. The van der Waals surface area contributed by atoms with E-state index in [4.69, 9.17) is 9.46 Å². The minimum absolute atomic E-state index is 1.36. The molecule has 0 aliphatic heterocycles. The van der Waals surface area contributed by atoms with Crippen molar-refractivity contribution in [3.63, 3.8) is 0 Å². The van der Waals surface area contributed by atoms with Crippen LogP contribution in [0.15, 0.2) is 0 Å². The van der Waals surface area contributed by atoms with Crippen molar-refractivity contribution in [3.05, 3.63) is 0 Å². The van der Waals surface area contributed by atoms with E-state index in [1.54, 1.807) is 0 Å². The van der Waals surface area contributed by atoms with E-state index in [-0.39, 0.29) is 0 Å². The molecule has 0 saturated heterocycles. The molecule has 0 fully saturated rings. The second-order valence-electron chi connectivity index (χ2n) is 2.50. The molecule has 1 N–H and O–H groups in total. The maximum absolute atomic E-state index is 10.1. The fourth-order valence-corrected chi connectivity index (χ4v) is 0.677. The Morgan fingerprint density at radius 3 is 1.50 bits per heavy atom. The number of halogens is 2. The van der Waals surface area contributed by atoms with Crippen LogP contribution in [0.2, 0.25) is 0 Å². The standard InChI is InChI=1S/C7H16.F2HO2P/c1-3-5-7-6-4-2;1-5(2,3)4/h3-7H2,1-2H3;(H,3,4). The molecule has 0 radical (unpaired) electrons. The van der Waals surface area contributed by atoms with Gasteiger partial charge in [-0.25, -0.2) is 4.57 Å². The number of rotatable bonds is 4. The van der Waals surface area contributed by atoms with Crippen LogP contribution in [-0.4, -0.2) is 4.89 Å². The molecular weight excluding hydrogens is 185 g/mol. The highest BCUT2D eigenvalue weighted by atomic mass is 31.2. The lowest BCUT2D eigenvalue weighted by molar-refractivity contribution is 0.376. The number of hydrogen-bond donors (Lipinski definition) is 1. The first kappa shape index (κ1) is 14.6. The maximum atomic E-state index is 10.1. The maximum Gasteiger partial charge on any atom is 0.549 e. The van der Waals surface area contributed by atoms with Crippen molar-refractivity contribution in [1.29, 1.82) is 0 Å². The first-order chi connectivity index (χ1) is 5.41. The minimum Gasteiger partial charge on any atom is -0.296 e. The minimum atomic E-state index is -5.64. The quantitative estimate of drug-likeness (QED) is 0.552. The largest absolute Gasteiger partial charge is 0.549 e. The molecule has 0 aliphatic rings. The zero-order valence-electron chi connectivity index (χ0n) is 7.59. The van der Waals surface area contributed by atoms with E-state index in [0.717, 1.165) is 0 Å². The summed E-state index contributed by atoms with van der Waals surface area (Å²) in [4.78, 5) is 6.74. The van der Waals surface area contributed by atoms with Crippen molar-refractivity contribution in [2.24, 2.45) is 0 Å². The molecule has 2 nitrogen and oxygen atoms in total. The molecule has 0 spiro atoms. The molecule has 0 bridgehead atoms. The topological polar surface area (TPSA) is 37.3 Å². The van der Waals surface area contributed by atoms with Crippen molar-refractivity contribution in [3.8, 4) is 0 Å². The van der Waals surface area contributed by atoms with Crippen LogP contribution >= 0.6 is 7.99 Å². The van der Waals surface area contributed by atoms with Crippen LogP contribution in [0.4, 0.5) is 8.39 Å². The molecule has 0 aromatic rings. The molecule has 0 unspecified atom stereocenters. The average molecular weight is 202 g/mol. The summed E-state index contributed by atoms with van der Waals surface area (Å²) in [7, 11) is -5.64. The second-order valence-corrected chi connectivity index (χ2v) is 3.36. The third-order valence-corrected chi connectivity index (χ3v) is 1.21. The van der Waals surface area contributed by atoms with Crippen molar-refractivity contribution in [1.82, 2.24) is 0 Å². The Morgan fingerprint density at radius 2 is 1.33 bits per heavy atom. The van der Waals surface area contributed by atoms with Crippen molar-refractivity contribution < 1.29 is 17.9 Å². The van der Waals surface area contributed by atoms with Crippen molar-refractivity contribution >= 4 is 7.99 Å². The Labute approximate surface area is 72.7 Å². The Bertz CT molecular complexity index is 112. The lowest BCUT2D eigenvalue weighted by Gasteiger charge is -1.90. The van der Waals surface area contributed by atoms with Gasteiger partial charge in [0.1, 0.15) is 0 Å². The summed E-state index contributed by atoms with van der Waals surface area (Å²) < 4.78 is 28.7. The molecule has 0 heterocycles. The van der Waals surface area contributed by atoms with Gasteiger partial charge in [-0.2, -0.15) is 0 Å². The third kappa shape index (κ3) is 50.2. The van der Waals surface area contributed by atoms with Gasteiger partial charge in [0.2, 0.25) is 0 Å². The van der Waals surface area contributed by atoms with Crippen LogP contribution in [0.25, 0.3) is 0 Å². The SMILES string of the molecule is CCCCCCC.O=P(O)(F)F. The summed E-state index contributed by atoms with van der Waals surface area (Å²) >= 11 is 0. The van der Waals surface area contributed by atoms with E-state index in [0.29, 0.717) is 0 Å². The van der Waals surface area contributed by atoms with Crippen molar-refractivity contribution in [2.45, 2.75) is 46.0 Å². The molecule has 76 valence electrons. The van der Waals surface area contributed by atoms with Gasteiger partial charge in [-0.15, -0.1) is 8.39 Å². The van der Waals surface area contributed by atoms with Gasteiger partial charge in [0.25, 0.3) is 0 Å². The molecular formula is C7H17F2O2P. The van der Waals surface area contributed by atoms with Gasteiger partial charge >= 0.3 is 7.99 Å². The van der Waals surface area contributed by atoms with Crippen LogP contribution < -0.4 is 0 Å². The smallest absolute Gasteiger partial charge is 0.296 e. The lowest BCUT2D eigenvalue weighted by Crippen LogP contribution is -1.70. The fraction of sp³-hybridized carbons (Fsp3) is 1.00. The van der Waals surface area contributed by atoms with Gasteiger partial charge in [0, 0.05) is 0 Å². The Balaban J connectivity index is 0. The normalized spacial score (nSPS) is 10.4. The Kier molecular flexibility index (Phi) is 11.1. The van der Waals surface area contributed by atoms with E-state index in [2.05, 4.69) is 13.8 Å². The highest BCUT2D eigenvalue weighted by Crippen LogP contribution is 2.43. The zero-order valence-corrected chi connectivity index (χ0v) is 8.49. The summed E-state index contributed by atoms with van der Waals surface area (Å²) in [6.07, 6.45) is 7.01. The van der Waals surface area contributed by atoms with Crippen LogP contribution in [-0.2, 0) is 4.57 Å². The molecule has 0 aromatic heterocycles. The van der Waals surface area contributed by atoms with E-state index in [9.17, 15) is 8.39 Å². The van der Waals surface area contributed by atoms with E-state index < -0.39 is 7.99 Å². The highest BCUT2D eigenvalue weighted by Gasteiger charge is 2.09. The van der Waals surface area contributed by atoms with Gasteiger partial charge in [-0.05, 0) is 0 Å². The molecule has 0 aliphatic carbocycles. The van der Waals surface area contributed by atoms with Gasteiger partial charge in [-0.1, -0.05) is 46.0 Å². The van der Waals surface area contributed by atoms with Gasteiger partial charge in [-0.3, -0.25) is 4.89 Å². The molecule has 5 heteroatoms. The van der Waals surface area contributed by atoms with Gasteiger partial charge < -0.3 is 0 Å². The molecule has 0 amide bonds. The lowest BCUT2D eigenvalue weighted by atomic mass is 10.2. The predicted octanol–water partition coefficient (Wildman–Crippen LogP) is 4.00. The Hall–Kier alpha value is 0.0500. The van der Waals surface area contributed by atoms with Crippen LogP contribution in [0, 0.1) is 0 Å². The summed E-state index contributed by atoms with van der Waals surface area (Å²) in [6.45, 7) is 4.49.